The molecule has 134 valence electrons. The van der Waals surface area contributed by atoms with E-state index in [2.05, 4.69) is 0 Å². The minimum absolute atomic E-state index is 0.00211. The molecule has 0 aliphatic carbocycles. The third-order valence-corrected chi connectivity index (χ3v) is 6.85. The van der Waals surface area contributed by atoms with Gasteiger partial charge in [-0.25, -0.2) is 12.7 Å². The average molecular weight is 374 g/mol. The maximum atomic E-state index is 12.6. The predicted molar refractivity (Wildman–Crippen MR) is 94.1 cm³/mol. The van der Waals surface area contributed by atoms with Crippen molar-refractivity contribution in [2.24, 2.45) is 0 Å². The van der Waals surface area contributed by atoms with Crippen LogP contribution in [0.2, 0.25) is 5.02 Å². The van der Waals surface area contributed by atoms with Gasteiger partial charge in [-0.15, -0.1) is 0 Å². The van der Waals surface area contributed by atoms with Crippen LogP contribution in [0.4, 0.5) is 0 Å². The van der Waals surface area contributed by atoms with Crippen LogP contribution in [-0.2, 0) is 14.8 Å². The highest BCUT2D eigenvalue weighted by Crippen LogP contribution is 2.27. The third-order valence-electron chi connectivity index (χ3n) is 4.60. The van der Waals surface area contributed by atoms with E-state index >= 15 is 0 Å². The van der Waals surface area contributed by atoms with E-state index in [0.717, 1.165) is 19.3 Å². The van der Waals surface area contributed by atoms with Gasteiger partial charge < -0.3 is 9.47 Å². The van der Waals surface area contributed by atoms with Crippen LogP contribution in [0.25, 0.3) is 0 Å². The fourth-order valence-electron chi connectivity index (χ4n) is 3.23. The van der Waals surface area contributed by atoms with Crippen molar-refractivity contribution >= 4 is 21.6 Å². The maximum Gasteiger partial charge on any atom is 0.216 e. The predicted octanol–water partition coefficient (Wildman–Crippen LogP) is 3.08. The molecule has 2 heterocycles. The monoisotopic (exact) mass is 373 g/mol. The van der Waals surface area contributed by atoms with Gasteiger partial charge in [0.2, 0.25) is 10.0 Å². The summed E-state index contributed by atoms with van der Waals surface area (Å²) < 4.78 is 38.2. The molecule has 0 bridgehead atoms. The summed E-state index contributed by atoms with van der Waals surface area (Å²) in [6.07, 6.45) is 4.12. The number of rotatable bonds is 5. The Morgan fingerprint density at radius 3 is 2.58 bits per heavy atom. The van der Waals surface area contributed by atoms with Gasteiger partial charge in [0, 0.05) is 19.7 Å². The number of halogens is 1. The van der Waals surface area contributed by atoms with Crippen LogP contribution in [0, 0.1) is 0 Å². The Morgan fingerprint density at radius 1 is 1.17 bits per heavy atom. The molecule has 2 aliphatic rings. The van der Waals surface area contributed by atoms with Crippen LogP contribution >= 0.6 is 11.6 Å². The summed E-state index contributed by atoms with van der Waals surface area (Å²) in [6, 6.07) is 7.37. The highest BCUT2D eigenvalue weighted by atomic mass is 35.5. The van der Waals surface area contributed by atoms with Crippen molar-refractivity contribution in [2.75, 3.05) is 25.4 Å². The van der Waals surface area contributed by atoms with Crippen molar-refractivity contribution in [1.29, 1.82) is 0 Å². The molecule has 5 nitrogen and oxygen atoms in total. The Labute approximate surface area is 148 Å². The fourth-order valence-corrected chi connectivity index (χ4v) is 5.12. The molecule has 0 spiro atoms. The minimum Gasteiger partial charge on any atom is -0.489 e. The lowest BCUT2D eigenvalue weighted by molar-refractivity contribution is 0.0296. The summed E-state index contributed by atoms with van der Waals surface area (Å²) in [5.41, 5.74) is 0. The summed E-state index contributed by atoms with van der Waals surface area (Å²) in [6.45, 7) is 1.66. The summed E-state index contributed by atoms with van der Waals surface area (Å²) in [7, 11) is -3.26. The first-order chi connectivity index (χ1) is 11.5. The van der Waals surface area contributed by atoms with E-state index in [-0.39, 0.29) is 18.0 Å². The Morgan fingerprint density at radius 2 is 1.92 bits per heavy atom. The van der Waals surface area contributed by atoms with Gasteiger partial charge in [-0.3, -0.25) is 0 Å². The quantitative estimate of drug-likeness (QED) is 0.795. The smallest absolute Gasteiger partial charge is 0.216 e. The number of ether oxygens (including phenoxy) is 2. The van der Waals surface area contributed by atoms with E-state index in [0.29, 0.717) is 43.3 Å². The van der Waals surface area contributed by atoms with E-state index < -0.39 is 10.0 Å². The van der Waals surface area contributed by atoms with E-state index in [1.807, 2.05) is 18.2 Å². The first-order valence-electron chi connectivity index (χ1n) is 8.55. The van der Waals surface area contributed by atoms with Crippen molar-refractivity contribution < 1.29 is 17.9 Å². The number of hydrogen-bond acceptors (Lipinski definition) is 4. The Kier molecular flexibility index (Phi) is 6.02. The molecule has 2 saturated heterocycles. The zero-order valence-corrected chi connectivity index (χ0v) is 15.3. The SMILES string of the molecule is O=S(=O)(CC1CCCCO1)N1CCC(Oc2ccccc2Cl)CC1. The maximum absolute atomic E-state index is 12.6. The second-order valence-corrected chi connectivity index (χ2v) is 8.83. The highest BCUT2D eigenvalue weighted by molar-refractivity contribution is 7.89. The van der Waals surface area contributed by atoms with Crippen LogP contribution in [0.5, 0.6) is 5.75 Å². The number of hydrogen-bond donors (Lipinski definition) is 0. The lowest BCUT2D eigenvalue weighted by Crippen LogP contribution is -2.45. The molecule has 0 radical (unpaired) electrons. The molecule has 1 unspecified atom stereocenters. The van der Waals surface area contributed by atoms with Crippen molar-refractivity contribution in [3.63, 3.8) is 0 Å². The molecule has 0 saturated carbocycles. The third kappa shape index (κ3) is 4.63. The van der Waals surface area contributed by atoms with Crippen molar-refractivity contribution in [3.05, 3.63) is 29.3 Å². The molecule has 3 rings (SSSR count). The van der Waals surface area contributed by atoms with Gasteiger partial charge in [-0.05, 0) is 44.2 Å². The second kappa shape index (κ2) is 8.04. The lowest BCUT2D eigenvalue weighted by Gasteiger charge is -2.33. The van der Waals surface area contributed by atoms with E-state index in [9.17, 15) is 8.42 Å². The molecular formula is C17H24ClNO4S. The van der Waals surface area contributed by atoms with Gasteiger partial charge in [-0.2, -0.15) is 0 Å². The summed E-state index contributed by atoms with van der Waals surface area (Å²) in [5.74, 6) is 0.763. The highest BCUT2D eigenvalue weighted by Gasteiger charge is 2.31. The van der Waals surface area contributed by atoms with Crippen molar-refractivity contribution in [3.8, 4) is 5.75 Å². The number of piperidine rings is 1. The molecule has 0 N–H and O–H groups in total. The van der Waals surface area contributed by atoms with Crippen LogP contribution in [0.15, 0.2) is 24.3 Å². The molecular weight excluding hydrogens is 350 g/mol. The first kappa shape index (κ1) is 18.0. The molecule has 7 heteroatoms. The molecule has 2 aliphatic heterocycles. The molecule has 0 amide bonds. The number of nitrogens with zero attached hydrogens (tertiary/aromatic N) is 1. The molecule has 1 aromatic carbocycles. The molecule has 1 aromatic rings. The van der Waals surface area contributed by atoms with Gasteiger partial charge >= 0.3 is 0 Å². The van der Waals surface area contributed by atoms with Gasteiger partial charge in [0.25, 0.3) is 0 Å². The second-order valence-electron chi connectivity index (χ2n) is 6.41. The van der Waals surface area contributed by atoms with Crippen LogP contribution in [-0.4, -0.2) is 50.4 Å². The average Bonchev–Trinajstić information content (AvgIpc) is 2.58. The van der Waals surface area contributed by atoms with E-state index in [1.165, 1.54) is 0 Å². The van der Waals surface area contributed by atoms with Crippen LogP contribution < -0.4 is 4.74 Å². The zero-order valence-electron chi connectivity index (χ0n) is 13.7. The number of benzene rings is 1. The summed E-state index contributed by atoms with van der Waals surface area (Å²) in [4.78, 5) is 0. The van der Waals surface area contributed by atoms with E-state index in [4.69, 9.17) is 21.1 Å². The summed E-state index contributed by atoms with van der Waals surface area (Å²) in [5, 5.41) is 0.585. The minimum atomic E-state index is -3.26. The lowest BCUT2D eigenvalue weighted by atomic mass is 10.1. The largest absolute Gasteiger partial charge is 0.489 e. The van der Waals surface area contributed by atoms with Gasteiger partial charge in [-0.1, -0.05) is 23.7 Å². The zero-order chi connectivity index (χ0) is 17.0. The Balaban J connectivity index is 1.51. The molecule has 1 atom stereocenters. The number of sulfonamides is 1. The Hall–Kier alpha value is -0.820. The van der Waals surface area contributed by atoms with Gasteiger partial charge in [0.15, 0.2) is 0 Å². The van der Waals surface area contributed by atoms with Gasteiger partial charge in [0.1, 0.15) is 11.9 Å². The fraction of sp³-hybridized carbons (Fsp3) is 0.647. The first-order valence-corrected chi connectivity index (χ1v) is 10.5. The molecule has 24 heavy (non-hydrogen) atoms. The summed E-state index contributed by atoms with van der Waals surface area (Å²) >= 11 is 6.11. The van der Waals surface area contributed by atoms with Gasteiger partial charge in [0.05, 0.1) is 16.9 Å². The van der Waals surface area contributed by atoms with Crippen LogP contribution in [0.3, 0.4) is 0 Å². The van der Waals surface area contributed by atoms with Crippen molar-refractivity contribution in [2.45, 2.75) is 44.3 Å². The molecule has 0 aromatic heterocycles. The normalized spacial score (nSPS) is 24.0. The van der Waals surface area contributed by atoms with Crippen molar-refractivity contribution in [1.82, 2.24) is 4.31 Å². The molecule has 2 fully saturated rings. The topological polar surface area (TPSA) is 55.8 Å². The number of para-hydroxylation sites is 1. The van der Waals surface area contributed by atoms with Crippen LogP contribution in [0.1, 0.15) is 32.1 Å². The standard InChI is InChI=1S/C17H24ClNO4S/c18-16-6-1-2-7-17(16)23-14-8-10-19(11-9-14)24(20,21)13-15-5-3-4-12-22-15/h1-2,6-7,14-15H,3-5,8-13H2. The Bertz CT molecular complexity index is 638. The van der Waals surface area contributed by atoms with E-state index in [1.54, 1.807) is 10.4 Å².